The number of aryl methyl sites for hydroxylation is 1. The molecule has 0 saturated carbocycles. The van der Waals surface area contributed by atoms with E-state index in [0.29, 0.717) is 13.2 Å². The van der Waals surface area contributed by atoms with E-state index in [2.05, 4.69) is 11.8 Å². The maximum absolute atomic E-state index is 8.65. The lowest BCUT2D eigenvalue weighted by molar-refractivity contribution is 0.0552. The zero-order chi connectivity index (χ0) is 13.4. The lowest BCUT2D eigenvalue weighted by Gasteiger charge is -2.10. The lowest BCUT2D eigenvalue weighted by Crippen LogP contribution is -2.11. The molecular weight excluding hydrogens is 228 g/mol. The van der Waals surface area contributed by atoms with E-state index >= 15 is 0 Å². The third-order valence-corrected chi connectivity index (χ3v) is 2.30. The van der Waals surface area contributed by atoms with Crippen LogP contribution in [-0.4, -0.2) is 31.0 Å². The predicted octanol–water partition coefficient (Wildman–Crippen LogP) is 2.14. The van der Waals surface area contributed by atoms with E-state index < -0.39 is 0 Å². The first-order chi connectivity index (χ1) is 8.63. The Kier molecular flexibility index (Phi) is 6.27. The zero-order valence-corrected chi connectivity index (χ0v) is 11.2. The van der Waals surface area contributed by atoms with Crippen LogP contribution >= 0.6 is 0 Å². The highest BCUT2D eigenvalue weighted by Gasteiger charge is 1.99. The average molecular weight is 248 g/mol. The fourth-order valence-corrected chi connectivity index (χ4v) is 1.44. The van der Waals surface area contributed by atoms with Gasteiger partial charge in [-0.2, -0.15) is 0 Å². The number of ether oxygens (including phenoxy) is 2. The second-order valence-electron chi connectivity index (χ2n) is 4.20. The number of hydrogen-bond acceptors (Lipinski definition) is 3. The quantitative estimate of drug-likeness (QED) is 0.641. The van der Waals surface area contributed by atoms with Crippen LogP contribution in [0, 0.1) is 18.8 Å². The summed E-state index contributed by atoms with van der Waals surface area (Å²) in [6.07, 6.45) is 0.228. The molecule has 0 saturated heterocycles. The molecule has 1 aromatic carbocycles. The minimum absolute atomic E-state index is 0.121. The SMILES string of the molecule is Cc1cc(OCCOC(C)C)ccc1C#CCO. The summed E-state index contributed by atoms with van der Waals surface area (Å²) in [6.45, 7) is 6.97. The van der Waals surface area contributed by atoms with Crippen LogP contribution < -0.4 is 4.74 Å². The molecule has 0 bridgehead atoms. The minimum Gasteiger partial charge on any atom is -0.491 e. The van der Waals surface area contributed by atoms with E-state index in [0.717, 1.165) is 16.9 Å². The Hall–Kier alpha value is -1.50. The van der Waals surface area contributed by atoms with Crippen molar-refractivity contribution in [1.29, 1.82) is 0 Å². The molecule has 0 atom stereocenters. The van der Waals surface area contributed by atoms with E-state index in [-0.39, 0.29) is 12.7 Å². The van der Waals surface area contributed by atoms with Gasteiger partial charge in [0.05, 0.1) is 12.7 Å². The Labute approximate surface area is 109 Å². The van der Waals surface area contributed by atoms with Crippen LogP contribution in [0.25, 0.3) is 0 Å². The van der Waals surface area contributed by atoms with Gasteiger partial charge in [0.1, 0.15) is 19.0 Å². The molecule has 1 rings (SSSR count). The molecule has 1 aromatic rings. The first-order valence-corrected chi connectivity index (χ1v) is 6.08. The second kappa shape index (κ2) is 7.75. The van der Waals surface area contributed by atoms with Crippen LogP contribution in [0.2, 0.25) is 0 Å². The largest absolute Gasteiger partial charge is 0.491 e. The molecular formula is C15H20O3. The molecule has 1 N–H and O–H groups in total. The van der Waals surface area contributed by atoms with Gasteiger partial charge in [-0.1, -0.05) is 11.8 Å². The second-order valence-corrected chi connectivity index (χ2v) is 4.20. The average Bonchev–Trinajstić information content (AvgIpc) is 2.33. The molecule has 0 unspecified atom stereocenters. The fourth-order valence-electron chi connectivity index (χ4n) is 1.44. The Morgan fingerprint density at radius 1 is 1.28 bits per heavy atom. The molecule has 0 spiro atoms. The molecule has 0 aliphatic heterocycles. The molecule has 0 aliphatic carbocycles. The molecule has 3 nitrogen and oxygen atoms in total. The van der Waals surface area contributed by atoms with Crippen molar-refractivity contribution in [3.8, 4) is 17.6 Å². The molecule has 3 heteroatoms. The van der Waals surface area contributed by atoms with Gasteiger partial charge < -0.3 is 14.6 Å². The number of aliphatic hydroxyl groups is 1. The summed E-state index contributed by atoms with van der Waals surface area (Å²) in [7, 11) is 0. The van der Waals surface area contributed by atoms with Crippen molar-refractivity contribution in [2.24, 2.45) is 0 Å². The first kappa shape index (κ1) is 14.6. The monoisotopic (exact) mass is 248 g/mol. The predicted molar refractivity (Wildman–Crippen MR) is 71.7 cm³/mol. The van der Waals surface area contributed by atoms with E-state index in [1.165, 1.54) is 0 Å². The van der Waals surface area contributed by atoms with Crippen LogP contribution in [0.15, 0.2) is 18.2 Å². The highest BCUT2D eigenvalue weighted by Crippen LogP contribution is 2.16. The van der Waals surface area contributed by atoms with Gasteiger partial charge in [-0.15, -0.1) is 0 Å². The van der Waals surface area contributed by atoms with Gasteiger partial charge in [-0.25, -0.2) is 0 Å². The molecule has 0 aliphatic rings. The summed E-state index contributed by atoms with van der Waals surface area (Å²) < 4.78 is 11.0. The van der Waals surface area contributed by atoms with Crippen molar-refractivity contribution in [3.05, 3.63) is 29.3 Å². The molecule has 0 heterocycles. The number of aliphatic hydroxyl groups excluding tert-OH is 1. The molecule has 0 aromatic heterocycles. The highest BCUT2D eigenvalue weighted by molar-refractivity contribution is 5.44. The van der Waals surface area contributed by atoms with Crippen molar-refractivity contribution >= 4 is 0 Å². The van der Waals surface area contributed by atoms with Gasteiger partial charge in [0.25, 0.3) is 0 Å². The summed E-state index contributed by atoms with van der Waals surface area (Å²) in [5, 5.41) is 8.65. The Balaban J connectivity index is 2.51. The Morgan fingerprint density at radius 2 is 2.06 bits per heavy atom. The summed E-state index contributed by atoms with van der Waals surface area (Å²) in [4.78, 5) is 0. The van der Waals surface area contributed by atoms with Crippen LogP contribution in [-0.2, 0) is 4.74 Å². The number of benzene rings is 1. The fraction of sp³-hybridized carbons (Fsp3) is 0.467. The van der Waals surface area contributed by atoms with Crippen molar-refractivity contribution in [2.45, 2.75) is 26.9 Å². The van der Waals surface area contributed by atoms with E-state index in [9.17, 15) is 0 Å². The molecule has 18 heavy (non-hydrogen) atoms. The summed E-state index contributed by atoms with van der Waals surface area (Å²) >= 11 is 0. The van der Waals surface area contributed by atoms with E-state index in [4.69, 9.17) is 14.6 Å². The Bertz CT molecular complexity index is 427. The number of rotatable bonds is 5. The van der Waals surface area contributed by atoms with Crippen LogP contribution in [0.1, 0.15) is 25.0 Å². The van der Waals surface area contributed by atoms with Crippen LogP contribution in [0.5, 0.6) is 5.75 Å². The summed E-state index contributed by atoms with van der Waals surface area (Å²) in [6, 6.07) is 5.72. The van der Waals surface area contributed by atoms with Crippen molar-refractivity contribution in [2.75, 3.05) is 19.8 Å². The summed E-state index contributed by atoms with van der Waals surface area (Å²) in [5.74, 6) is 6.34. The normalized spacial score (nSPS) is 10.1. The van der Waals surface area contributed by atoms with E-state index in [1.807, 2.05) is 39.0 Å². The van der Waals surface area contributed by atoms with Crippen LogP contribution in [0.3, 0.4) is 0 Å². The van der Waals surface area contributed by atoms with Gasteiger partial charge >= 0.3 is 0 Å². The smallest absolute Gasteiger partial charge is 0.119 e. The topological polar surface area (TPSA) is 38.7 Å². The molecule has 0 fully saturated rings. The van der Waals surface area contributed by atoms with Crippen LogP contribution in [0.4, 0.5) is 0 Å². The zero-order valence-electron chi connectivity index (χ0n) is 11.2. The maximum Gasteiger partial charge on any atom is 0.119 e. The lowest BCUT2D eigenvalue weighted by atomic mass is 10.1. The molecule has 0 radical (unpaired) electrons. The standard InChI is InChI=1S/C15H20O3/c1-12(2)17-9-10-18-15-7-6-14(5-4-8-16)13(3)11-15/h6-7,11-12,16H,8-10H2,1-3H3. The van der Waals surface area contributed by atoms with Gasteiger partial charge in [0, 0.05) is 5.56 Å². The highest BCUT2D eigenvalue weighted by atomic mass is 16.5. The van der Waals surface area contributed by atoms with Crippen molar-refractivity contribution in [1.82, 2.24) is 0 Å². The minimum atomic E-state index is -0.121. The summed E-state index contributed by atoms with van der Waals surface area (Å²) in [5.41, 5.74) is 1.95. The third kappa shape index (κ3) is 5.22. The third-order valence-electron chi connectivity index (χ3n) is 2.30. The van der Waals surface area contributed by atoms with Gasteiger partial charge in [-0.3, -0.25) is 0 Å². The van der Waals surface area contributed by atoms with Gasteiger partial charge in [-0.05, 0) is 44.5 Å². The molecule has 0 amide bonds. The van der Waals surface area contributed by atoms with Gasteiger partial charge in [0.2, 0.25) is 0 Å². The van der Waals surface area contributed by atoms with E-state index in [1.54, 1.807) is 0 Å². The molecule has 98 valence electrons. The first-order valence-electron chi connectivity index (χ1n) is 6.08. The van der Waals surface area contributed by atoms with Gasteiger partial charge in [0.15, 0.2) is 0 Å². The van der Waals surface area contributed by atoms with Crippen molar-refractivity contribution < 1.29 is 14.6 Å². The maximum atomic E-state index is 8.65. The van der Waals surface area contributed by atoms with Crippen molar-refractivity contribution in [3.63, 3.8) is 0 Å². The number of hydrogen-bond donors (Lipinski definition) is 1. The Morgan fingerprint density at radius 3 is 2.67 bits per heavy atom.